The molecule has 0 radical (unpaired) electrons. The predicted octanol–water partition coefficient (Wildman–Crippen LogP) is 2.45. The molecule has 1 atom stereocenters. The number of aryl methyl sites for hydroxylation is 1. The number of nitrogens with one attached hydrogen (secondary N) is 1. The average molecular weight is 250 g/mol. The lowest BCUT2D eigenvalue weighted by molar-refractivity contribution is 0.0698. The molecular formula is C14H22N2O2. The summed E-state index contributed by atoms with van der Waals surface area (Å²) in [5, 5.41) is 12.4. The molecule has 1 aromatic rings. The van der Waals surface area contributed by atoms with Crippen LogP contribution in [0.15, 0.2) is 18.2 Å². The molecule has 0 amide bonds. The number of carboxylic acid groups (broad SMARTS) is 1. The zero-order valence-electron chi connectivity index (χ0n) is 11.5. The van der Waals surface area contributed by atoms with Crippen LogP contribution in [0.25, 0.3) is 0 Å². The van der Waals surface area contributed by atoms with Gasteiger partial charge >= 0.3 is 5.97 Å². The van der Waals surface area contributed by atoms with Gasteiger partial charge in [-0.2, -0.15) is 0 Å². The van der Waals surface area contributed by atoms with Gasteiger partial charge in [-0.1, -0.05) is 6.07 Å². The van der Waals surface area contributed by atoms with Crippen molar-refractivity contribution >= 4 is 11.7 Å². The third-order valence-electron chi connectivity index (χ3n) is 2.82. The molecular weight excluding hydrogens is 228 g/mol. The summed E-state index contributed by atoms with van der Waals surface area (Å²) in [5.74, 6) is -0.891. The SMILES string of the molecule is Cc1ccc(C(=O)O)c(NC(C)CCN(C)C)c1. The van der Waals surface area contributed by atoms with Gasteiger partial charge in [-0.3, -0.25) is 0 Å². The Bertz CT molecular complexity index is 416. The molecule has 100 valence electrons. The second kappa shape index (κ2) is 6.40. The fourth-order valence-electron chi connectivity index (χ4n) is 1.75. The quantitative estimate of drug-likeness (QED) is 0.814. The largest absolute Gasteiger partial charge is 0.478 e. The molecule has 4 heteroatoms. The Morgan fingerprint density at radius 1 is 1.44 bits per heavy atom. The van der Waals surface area contributed by atoms with Crippen LogP contribution in [0.5, 0.6) is 0 Å². The van der Waals surface area contributed by atoms with Crippen molar-refractivity contribution in [1.82, 2.24) is 4.90 Å². The van der Waals surface area contributed by atoms with E-state index in [4.69, 9.17) is 5.11 Å². The lowest BCUT2D eigenvalue weighted by atomic mass is 10.1. The van der Waals surface area contributed by atoms with Crippen molar-refractivity contribution in [1.29, 1.82) is 0 Å². The minimum absolute atomic E-state index is 0.243. The molecule has 18 heavy (non-hydrogen) atoms. The van der Waals surface area contributed by atoms with Crippen LogP contribution < -0.4 is 5.32 Å². The molecule has 0 saturated carbocycles. The summed E-state index contributed by atoms with van der Waals surface area (Å²) in [5.41, 5.74) is 2.09. The van der Waals surface area contributed by atoms with Gasteiger partial charge in [-0.15, -0.1) is 0 Å². The minimum atomic E-state index is -0.891. The molecule has 2 N–H and O–H groups in total. The Labute approximate surface area is 109 Å². The molecule has 0 aromatic heterocycles. The fraction of sp³-hybridized carbons (Fsp3) is 0.500. The Morgan fingerprint density at radius 3 is 2.67 bits per heavy atom. The van der Waals surface area contributed by atoms with E-state index in [2.05, 4.69) is 17.1 Å². The standard InChI is InChI=1S/C14H22N2O2/c1-10-5-6-12(14(17)18)13(9-10)15-11(2)7-8-16(3)4/h5-6,9,11,15H,7-8H2,1-4H3,(H,17,18). The van der Waals surface area contributed by atoms with Gasteiger partial charge in [0.2, 0.25) is 0 Å². The Balaban J connectivity index is 2.76. The predicted molar refractivity (Wildman–Crippen MR) is 74.4 cm³/mol. The van der Waals surface area contributed by atoms with Crippen molar-refractivity contribution in [2.24, 2.45) is 0 Å². The summed E-state index contributed by atoms with van der Waals surface area (Å²) in [6.45, 7) is 5.00. The zero-order chi connectivity index (χ0) is 13.7. The van der Waals surface area contributed by atoms with Crippen LogP contribution in [-0.2, 0) is 0 Å². The molecule has 0 spiro atoms. The highest BCUT2D eigenvalue weighted by atomic mass is 16.4. The molecule has 0 aliphatic carbocycles. The molecule has 4 nitrogen and oxygen atoms in total. The topological polar surface area (TPSA) is 52.6 Å². The van der Waals surface area contributed by atoms with Gasteiger partial charge in [0.05, 0.1) is 5.56 Å². The second-order valence-corrected chi connectivity index (χ2v) is 4.99. The first kappa shape index (κ1) is 14.5. The number of aromatic carboxylic acids is 1. The maximum atomic E-state index is 11.1. The first-order valence-electron chi connectivity index (χ1n) is 6.15. The third-order valence-corrected chi connectivity index (χ3v) is 2.82. The molecule has 0 bridgehead atoms. The molecule has 1 aromatic carbocycles. The number of anilines is 1. The lowest BCUT2D eigenvalue weighted by Crippen LogP contribution is -2.23. The van der Waals surface area contributed by atoms with E-state index in [1.54, 1.807) is 6.07 Å². The zero-order valence-corrected chi connectivity index (χ0v) is 11.5. The number of rotatable bonds is 6. The Hall–Kier alpha value is -1.55. The van der Waals surface area contributed by atoms with Crippen LogP contribution in [0.3, 0.4) is 0 Å². The smallest absolute Gasteiger partial charge is 0.337 e. The summed E-state index contributed by atoms with van der Waals surface area (Å²) in [6, 6.07) is 5.60. The summed E-state index contributed by atoms with van der Waals surface area (Å²) in [7, 11) is 4.06. The van der Waals surface area contributed by atoms with Crippen LogP contribution >= 0.6 is 0 Å². The summed E-state index contributed by atoms with van der Waals surface area (Å²) >= 11 is 0. The molecule has 0 saturated heterocycles. The first-order chi connectivity index (χ1) is 8.40. The summed E-state index contributed by atoms with van der Waals surface area (Å²) in [6.07, 6.45) is 0.972. The summed E-state index contributed by atoms with van der Waals surface area (Å²) < 4.78 is 0. The number of benzene rings is 1. The maximum Gasteiger partial charge on any atom is 0.337 e. The molecule has 1 unspecified atom stereocenters. The van der Waals surface area contributed by atoms with Gasteiger partial charge < -0.3 is 15.3 Å². The normalized spacial score (nSPS) is 12.5. The van der Waals surface area contributed by atoms with Crippen LogP contribution in [-0.4, -0.2) is 42.7 Å². The molecule has 0 heterocycles. The van der Waals surface area contributed by atoms with Gasteiger partial charge in [0.25, 0.3) is 0 Å². The number of nitrogens with zero attached hydrogens (tertiary/aromatic N) is 1. The van der Waals surface area contributed by atoms with Crippen LogP contribution in [0, 0.1) is 6.92 Å². The van der Waals surface area contributed by atoms with Crippen LogP contribution in [0.4, 0.5) is 5.69 Å². The van der Waals surface area contributed by atoms with Gasteiger partial charge in [0, 0.05) is 11.7 Å². The Kier molecular flexibility index (Phi) is 5.16. The maximum absolute atomic E-state index is 11.1. The van der Waals surface area contributed by atoms with Crippen molar-refractivity contribution < 1.29 is 9.90 Å². The van der Waals surface area contributed by atoms with Gasteiger partial charge in [0.15, 0.2) is 0 Å². The second-order valence-electron chi connectivity index (χ2n) is 4.99. The van der Waals surface area contributed by atoms with Crippen molar-refractivity contribution in [3.63, 3.8) is 0 Å². The monoisotopic (exact) mass is 250 g/mol. The number of carboxylic acids is 1. The highest BCUT2D eigenvalue weighted by Crippen LogP contribution is 2.19. The van der Waals surface area contributed by atoms with E-state index in [9.17, 15) is 4.79 Å². The van der Waals surface area contributed by atoms with Gasteiger partial charge in [0.1, 0.15) is 0 Å². The van der Waals surface area contributed by atoms with E-state index < -0.39 is 5.97 Å². The van der Waals surface area contributed by atoms with E-state index in [-0.39, 0.29) is 6.04 Å². The molecule has 0 aliphatic rings. The Morgan fingerprint density at radius 2 is 2.11 bits per heavy atom. The van der Waals surface area contributed by atoms with Gasteiger partial charge in [-0.25, -0.2) is 4.79 Å². The highest BCUT2D eigenvalue weighted by molar-refractivity contribution is 5.94. The van der Waals surface area contributed by atoms with E-state index in [0.717, 1.165) is 18.5 Å². The van der Waals surface area contributed by atoms with E-state index in [0.29, 0.717) is 11.3 Å². The van der Waals surface area contributed by atoms with Crippen molar-refractivity contribution in [3.8, 4) is 0 Å². The van der Waals surface area contributed by atoms with E-state index in [1.807, 2.05) is 33.2 Å². The molecule has 1 rings (SSSR count). The fourth-order valence-corrected chi connectivity index (χ4v) is 1.75. The van der Waals surface area contributed by atoms with E-state index >= 15 is 0 Å². The van der Waals surface area contributed by atoms with Crippen LogP contribution in [0.2, 0.25) is 0 Å². The third kappa shape index (κ3) is 4.37. The minimum Gasteiger partial charge on any atom is -0.478 e. The number of hydrogen-bond acceptors (Lipinski definition) is 3. The molecule has 0 aliphatic heterocycles. The average Bonchev–Trinajstić information content (AvgIpc) is 2.26. The van der Waals surface area contributed by atoms with Crippen LogP contribution in [0.1, 0.15) is 29.3 Å². The number of carbonyl (C=O) groups is 1. The van der Waals surface area contributed by atoms with Crippen molar-refractivity contribution in [2.45, 2.75) is 26.3 Å². The molecule has 0 fully saturated rings. The lowest BCUT2D eigenvalue weighted by Gasteiger charge is -2.19. The van der Waals surface area contributed by atoms with E-state index in [1.165, 1.54) is 0 Å². The van der Waals surface area contributed by atoms with Crippen molar-refractivity contribution in [3.05, 3.63) is 29.3 Å². The number of hydrogen-bond donors (Lipinski definition) is 2. The highest BCUT2D eigenvalue weighted by Gasteiger charge is 2.12. The first-order valence-corrected chi connectivity index (χ1v) is 6.15. The summed E-state index contributed by atoms with van der Waals surface area (Å²) in [4.78, 5) is 13.3. The van der Waals surface area contributed by atoms with Crippen molar-refractivity contribution in [2.75, 3.05) is 26.0 Å². The van der Waals surface area contributed by atoms with Gasteiger partial charge in [-0.05, 0) is 58.6 Å².